The van der Waals surface area contributed by atoms with E-state index in [-0.39, 0.29) is 29.3 Å². The number of anilines is 1. The summed E-state index contributed by atoms with van der Waals surface area (Å²) in [7, 11) is -3.51. The summed E-state index contributed by atoms with van der Waals surface area (Å²) in [6.45, 7) is 6.38. The number of halogens is 1. The molecule has 1 aliphatic heterocycles. The van der Waals surface area contributed by atoms with E-state index in [4.69, 9.17) is 0 Å². The molecule has 0 spiro atoms. The summed E-state index contributed by atoms with van der Waals surface area (Å²) in [6.07, 6.45) is 2.53. The Morgan fingerprint density at radius 3 is 2.38 bits per heavy atom. The minimum Gasteiger partial charge on any atom is -0.324 e. The van der Waals surface area contributed by atoms with E-state index < -0.39 is 15.6 Å². The van der Waals surface area contributed by atoms with Gasteiger partial charge in [-0.05, 0) is 63.9 Å². The van der Waals surface area contributed by atoms with Gasteiger partial charge in [0, 0.05) is 11.7 Å². The van der Waals surface area contributed by atoms with Gasteiger partial charge in [-0.25, -0.2) is 13.1 Å². The zero-order valence-electron chi connectivity index (χ0n) is 14.3. The molecule has 1 aromatic carbocycles. The molecule has 1 amide bonds. The van der Waals surface area contributed by atoms with Gasteiger partial charge in [-0.1, -0.05) is 6.92 Å². The van der Waals surface area contributed by atoms with Crippen LogP contribution in [0.1, 0.15) is 40.0 Å². The number of benzene rings is 1. The van der Waals surface area contributed by atoms with E-state index in [0.717, 1.165) is 25.8 Å². The highest BCUT2D eigenvalue weighted by Crippen LogP contribution is 2.25. The SMILES string of the molecule is CCC1(C(=O)Nc2ccc(S(=O)(=O)NC(C)C)cc2)CCCN1.Cl. The van der Waals surface area contributed by atoms with Crippen molar-refractivity contribution in [2.45, 2.75) is 56.5 Å². The van der Waals surface area contributed by atoms with Gasteiger partial charge < -0.3 is 10.6 Å². The molecular weight excluding hydrogens is 350 g/mol. The van der Waals surface area contributed by atoms with Gasteiger partial charge in [0.1, 0.15) is 0 Å². The summed E-state index contributed by atoms with van der Waals surface area (Å²) in [5.41, 5.74) is 0.0873. The summed E-state index contributed by atoms with van der Waals surface area (Å²) < 4.78 is 26.7. The summed E-state index contributed by atoms with van der Waals surface area (Å²) in [5.74, 6) is -0.0617. The number of nitrogens with one attached hydrogen (secondary N) is 3. The minimum atomic E-state index is -3.51. The third-order valence-electron chi connectivity index (χ3n) is 4.10. The Kier molecular flexibility index (Phi) is 7.22. The van der Waals surface area contributed by atoms with Crippen LogP contribution in [0.15, 0.2) is 29.2 Å². The van der Waals surface area contributed by atoms with Crippen LogP contribution in [-0.2, 0) is 14.8 Å². The van der Waals surface area contributed by atoms with E-state index in [2.05, 4.69) is 15.4 Å². The maximum absolute atomic E-state index is 12.5. The smallest absolute Gasteiger partial charge is 0.244 e. The Labute approximate surface area is 150 Å². The maximum Gasteiger partial charge on any atom is 0.244 e. The number of rotatable bonds is 6. The van der Waals surface area contributed by atoms with Gasteiger partial charge in [0.05, 0.1) is 10.4 Å². The van der Waals surface area contributed by atoms with Crippen molar-refractivity contribution in [3.8, 4) is 0 Å². The molecular formula is C16H26ClN3O3S. The lowest BCUT2D eigenvalue weighted by Crippen LogP contribution is -2.50. The fourth-order valence-electron chi connectivity index (χ4n) is 2.81. The van der Waals surface area contributed by atoms with Crippen molar-refractivity contribution in [3.63, 3.8) is 0 Å². The lowest BCUT2D eigenvalue weighted by molar-refractivity contribution is -0.122. The molecule has 1 atom stereocenters. The minimum absolute atomic E-state index is 0. The quantitative estimate of drug-likeness (QED) is 0.711. The molecule has 0 bridgehead atoms. The third-order valence-corrected chi connectivity index (χ3v) is 5.77. The second kappa shape index (κ2) is 8.29. The van der Waals surface area contributed by atoms with Crippen molar-refractivity contribution in [1.29, 1.82) is 0 Å². The zero-order valence-corrected chi connectivity index (χ0v) is 15.9. The van der Waals surface area contributed by atoms with Gasteiger partial charge in [0.25, 0.3) is 0 Å². The Hall–Kier alpha value is -1.15. The molecule has 136 valence electrons. The average Bonchev–Trinajstić information content (AvgIpc) is 2.96. The fourth-order valence-corrected chi connectivity index (χ4v) is 4.06. The number of amides is 1. The first kappa shape index (κ1) is 20.9. The van der Waals surface area contributed by atoms with Crippen LogP contribution in [0.3, 0.4) is 0 Å². The predicted octanol–water partition coefficient (Wildman–Crippen LogP) is 2.27. The van der Waals surface area contributed by atoms with Crippen LogP contribution in [0.4, 0.5) is 5.69 Å². The second-order valence-electron chi connectivity index (χ2n) is 6.22. The molecule has 0 aromatic heterocycles. The largest absolute Gasteiger partial charge is 0.324 e. The lowest BCUT2D eigenvalue weighted by Gasteiger charge is -2.26. The van der Waals surface area contributed by atoms with Crippen LogP contribution in [0.5, 0.6) is 0 Å². The fraction of sp³-hybridized carbons (Fsp3) is 0.562. The van der Waals surface area contributed by atoms with Crippen LogP contribution in [-0.4, -0.2) is 32.5 Å². The molecule has 1 saturated heterocycles. The van der Waals surface area contributed by atoms with Crippen molar-refractivity contribution in [2.24, 2.45) is 0 Å². The zero-order chi connectivity index (χ0) is 17.1. The van der Waals surface area contributed by atoms with E-state index >= 15 is 0 Å². The first-order valence-corrected chi connectivity index (χ1v) is 9.46. The van der Waals surface area contributed by atoms with Crippen molar-refractivity contribution in [2.75, 3.05) is 11.9 Å². The highest BCUT2D eigenvalue weighted by atomic mass is 35.5. The van der Waals surface area contributed by atoms with Crippen molar-refractivity contribution in [1.82, 2.24) is 10.0 Å². The first-order valence-electron chi connectivity index (χ1n) is 7.98. The molecule has 0 radical (unpaired) electrons. The van der Waals surface area contributed by atoms with E-state index in [1.807, 2.05) is 6.92 Å². The molecule has 8 heteroatoms. The summed E-state index contributed by atoms with van der Waals surface area (Å²) in [5, 5.41) is 6.16. The van der Waals surface area contributed by atoms with Gasteiger partial charge in [0.2, 0.25) is 15.9 Å². The molecule has 0 aliphatic carbocycles. The maximum atomic E-state index is 12.5. The normalized spacial score (nSPS) is 20.7. The average molecular weight is 376 g/mol. The van der Waals surface area contributed by atoms with E-state index in [9.17, 15) is 13.2 Å². The Morgan fingerprint density at radius 1 is 1.29 bits per heavy atom. The van der Waals surface area contributed by atoms with Gasteiger partial charge in [-0.2, -0.15) is 0 Å². The molecule has 1 heterocycles. The number of hydrogen-bond acceptors (Lipinski definition) is 4. The molecule has 1 unspecified atom stereocenters. The molecule has 1 aromatic rings. The van der Waals surface area contributed by atoms with Crippen LogP contribution < -0.4 is 15.4 Å². The van der Waals surface area contributed by atoms with E-state index in [1.54, 1.807) is 26.0 Å². The van der Waals surface area contributed by atoms with Crippen molar-refractivity contribution < 1.29 is 13.2 Å². The number of hydrogen-bond donors (Lipinski definition) is 3. The van der Waals surface area contributed by atoms with E-state index in [0.29, 0.717) is 5.69 Å². The van der Waals surface area contributed by atoms with Crippen LogP contribution in [0, 0.1) is 0 Å². The standard InChI is InChI=1S/C16H25N3O3S.ClH/c1-4-16(10-5-11-17-16)15(20)18-13-6-8-14(9-7-13)23(21,22)19-12(2)3;/h6-9,12,17,19H,4-5,10-11H2,1-3H3,(H,18,20);1H. The topological polar surface area (TPSA) is 87.3 Å². The third kappa shape index (κ3) is 4.69. The summed E-state index contributed by atoms with van der Waals surface area (Å²) >= 11 is 0. The Bertz CT molecular complexity index is 654. The molecule has 6 nitrogen and oxygen atoms in total. The van der Waals surface area contributed by atoms with Crippen LogP contribution >= 0.6 is 12.4 Å². The van der Waals surface area contributed by atoms with Crippen molar-refractivity contribution in [3.05, 3.63) is 24.3 Å². The first-order chi connectivity index (χ1) is 10.8. The van der Waals surface area contributed by atoms with E-state index in [1.165, 1.54) is 12.1 Å². The van der Waals surface area contributed by atoms with Crippen LogP contribution in [0.25, 0.3) is 0 Å². The van der Waals surface area contributed by atoms with Gasteiger partial charge in [0.15, 0.2) is 0 Å². The van der Waals surface area contributed by atoms with Crippen LogP contribution in [0.2, 0.25) is 0 Å². The summed E-state index contributed by atoms with van der Waals surface area (Å²) in [4.78, 5) is 12.7. The molecule has 24 heavy (non-hydrogen) atoms. The van der Waals surface area contributed by atoms with Crippen molar-refractivity contribution >= 4 is 34.0 Å². The molecule has 1 aliphatic rings. The number of sulfonamides is 1. The molecule has 0 saturated carbocycles. The summed E-state index contributed by atoms with van der Waals surface area (Å²) in [6, 6.07) is 6.07. The second-order valence-corrected chi connectivity index (χ2v) is 7.93. The van der Waals surface area contributed by atoms with Gasteiger partial charge in [-0.15, -0.1) is 12.4 Å². The molecule has 2 rings (SSSR count). The monoisotopic (exact) mass is 375 g/mol. The van der Waals surface area contributed by atoms with Gasteiger partial charge in [-0.3, -0.25) is 4.79 Å². The lowest BCUT2D eigenvalue weighted by atomic mass is 9.93. The number of carbonyl (C=O) groups excluding carboxylic acids is 1. The molecule has 1 fully saturated rings. The molecule has 3 N–H and O–H groups in total. The van der Waals surface area contributed by atoms with Gasteiger partial charge >= 0.3 is 0 Å². The highest BCUT2D eigenvalue weighted by Gasteiger charge is 2.39. The predicted molar refractivity (Wildman–Crippen MR) is 98.0 cm³/mol. The number of carbonyl (C=O) groups is 1. The highest BCUT2D eigenvalue weighted by molar-refractivity contribution is 7.89. The Balaban J connectivity index is 0.00000288. The Morgan fingerprint density at radius 2 is 1.92 bits per heavy atom.